The smallest absolute Gasteiger partial charge is 0.0948 e. The van der Waals surface area contributed by atoms with Gasteiger partial charge >= 0.3 is 0 Å². The van der Waals surface area contributed by atoms with Crippen LogP contribution in [0.15, 0.2) is 12.5 Å². The quantitative estimate of drug-likeness (QED) is 0.700. The minimum absolute atomic E-state index is 0.613. The van der Waals surface area contributed by atoms with E-state index in [0.717, 1.165) is 32.6 Å². The van der Waals surface area contributed by atoms with Gasteiger partial charge in [0.2, 0.25) is 0 Å². The third-order valence-corrected chi connectivity index (χ3v) is 3.09. The average molecular weight is 238 g/mol. The van der Waals surface area contributed by atoms with Crippen LogP contribution in [0, 0.1) is 0 Å². The van der Waals surface area contributed by atoms with Gasteiger partial charge in [0.15, 0.2) is 0 Å². The summed E-state index contributed by atoms with van der Waals surface area (Å²) in [4.78, 5) is 6.54. The Kier molecular flexibility index (Phi) is 6.22. The number of aryl methyl sites for hydroxylation is 1. The molecule has 98 valence electrons. The summed E-state index contributed by atoms with van der Waals surface area (Å²) in [5.74, 6) is 0. The zero-order chi connectivity index (χ0) is 12.7. The lowest BCUT2D eigenvalue weighted by molar-refractivity contribution is 0.273. The van der Waals surface area contributed by atoms with E-state index in [1.54, 1.807) is 0 Å². The van der Waals surface area contributed by atoms with Gasteiger partial charge in [-0.3, -0.25) is 0 Å². The molecule has 0 amide bonds. The normalized spacial score (nSPS) is 11.6. The molecule has 0 aliphatic rings. The lowest BCUT2D eigenvalue weighted by Crippen LogP contribution is -2.33. The van der Waals surface area contributed by atoms with Crippen molar-refractivity contribution < 1.29 is 0 Å². The van der Waals surface area contributed by atoms with E-state index in [4.69, 9.17) is 0 Å². The Morgan fingerprint density at radius 2 is 2.24 bits per heavy atom. The highest BCUT2D eigenvalue weighted by molar-refractivity contribution is 4.97. The first kappa shape index (κ1) is 14.2. The van der Waals surface area contributed by atoms with Gasteiger partial charge in [0.05, 0.1) is 12.0 Å². The summed E-state index contributed by atoms with van der Waals surface area (Å²) in [7, 11) is 2.16. The van der Waals surface area contributed by atoms with Gasteiger partial charge in [0, 0.05) is 38.4 Å². The highest BCUT2D eigenvalue weighted by Crippen LogP contribution is 2.00. The second-order valence-electron chi connectivity index (χ2n) is 4.83. The van der Waals surface area contributed by atoms with Crippen LogP contribution in [0.2, 0.25) is 0 Å². The van der Waals surface area contributed by atoms with E-state index in [9.17, 15) is 0 Å². The van der Waals surface area contributed by atoms with Crippen molar-refractivity contribution in [3.63, 3.8) is 0 Å². The van der Waals surface area contributed by atoms with E-state index in [1.165, 1.54) is 5.69 Å². The van der Waals surface area contributed by atoms with Crippen LogP contribution in [-0.4, -0.2) is 40.6 Å². The molecule has 0 aliphatic carbocycles. The maximum atomic E-state index is 4.20. The van der Waals surface area contributed by atoms with Gasteiger partial charge in [-0.25, -0.2) is 4.98 Å². The molecule has 0 aromatic carbocycles. The van der Waals surface area contributed by atoms with E-state index in [0.29, 0.717) is 6.04 Å². The van der Waals surface area contributed by atoms with Crippen LogP contribution in [0.5, 0.6) is 0 Å². The zero-order valence-electron chi connectivity index (χ0n) is 11.6. The summed E-state index contributed by atoms with van der Waals surface area (Å²) in [5, 5.41) is 3.47. The lowest BCUT2D eigenvalue weighted by Gasteiger charge is -2.21. The van der Waals surface area contributed by atoms with Gasteiger partial charge in [-0.15, -0.1) is 0 Å². The summed E-state index contributed by atoms with van der Waals surface area (Å²) in [5.41, 5.74) is 1.28. The maximum absolute atomic E-state index is 4.20. The third kappa shape index (κ3) is 4.88. The molecule has 17 heavy (non-hydrogen) atoms. The molecule has 1 N–H and O–H groups in total. The molecule has 0 aliphatic heterocycles. The van der Waals surface area contributed by atoms with Crippen molar-refractivity contribution in [1.82, 2.24) is 19.8 Å². The molecule has 4 nitrogen and oxygen atoms in total. The highest BCUT2D eigenvalue weighted by Gasteiger charge is 2.03. The van der Waals surface area contributed by atoms with Crippen molar-refractivity contribution in [2.75, 3.05) is 20.1 Å². The molecule has 0 radical (unpaired) electrons. The van der Waals surface area contributed by atoms with Crippen LogP contribution in [0.1, 0.15) is 32.9 Å². The Balaban J connectivity index is 2.24. The number of hydrogen-bond acceptors (Lipinski definition) is 3. The minimum Gasteiger partial charge on any atom is -0.333 e. The molecule has 1 aromatic rings. The summed E-state index contributed by atoms with van der Waals surface area (Å²) >= 11 is 0. The third-order valence-electron chi connectivity index (χ3n) is 3.09. The first-order valence-electron chi connectivity index (χ1n) is 6.55. The maximum Gasteiger partial charge on any atom is 0.0948 e. The van der Waals surface area contributed by atoms with Gasteiger partial charge in [-0.2, -0.15) is 0 Å². The summed E-state index contributed by atoms with van der Waals surface area (Å²) in [6, 6.07) is 0.613. The number of likely N-dealkylation sites (N-methyl/N-ethyl adjacent to an activating group) is 1. The van der Waals surface area contributed by atoms with Gasteiger partial charge in [-0.05, 0) is 27.3 Å². The molecule has 0 saturated heterocycles. The van der Waals surface area contributed by atoms with E-state index in [2.05, 4.69) is 47.6 Å². The number of hydrogen-bond donors (Lipinski definition) is 1. The van der Waals surface area contributed by atoms with Gasteiger partial charge in [-0.1, -0.05) is 6.92 Å². The number of nitrogens with one attached hydrogen (secondary N) is 1. The molecule has 0 unspecified atom stereocenters. The summed E-state index contributed by atoms with van der Waals surface area (Å²) < 4.78 is 2.22. The molecule has 1 heterocycles. The fourth-order valence-electron chi connectivity index (χ4n) is 1.67. The summed E-state index contributed by atoms with van der Waals surface area (Å²) in [6.45, 7) is 10.7. The number of imidazole rings is 1. The molecule has 0 fully saturated rings. The van der Waals surface area contributed by atoms with Crippen molar-refractivity contribution in [1.29, 1.82) is 0 Å². The number of nitrogens with zero attached hydrogens (tertiary/aromatic N) is 3. The Bertz CT molecular complexity index is 306. The van der Waals surface area contributed by atoms with Crippen molar-refractivity contribution in [2.24, 2.45) is 0 Å². The second-order valence-corrected chi connectivity index (χ2v) is 4.83. The Morgan fingerprint density at radius 1 is 1.47 bits per heavy atom. The standard InChI is InChI=1S/C13H26N4/c1-5-7-17-11-15-10-13(17)9-14-6-8-16(4)12(2)3/h10-12,14H,5-9H2,1-4H3. The molecular formula is C13H26N4. The van der Waals surface area contributed by atoms with Gasteiger partial charge in [0.25, 0.3) is 0 Å². The van der Waals surface area contributed by atoms with E-state index in [1.807, 2.05) is 12.5 Å². The van der Waals surface area contributed by atoms with E-state index >= 15 is 0 Å². The molecular weight excluding hydrogens is 212 g/mol. The molecule has 1 rings (SSSR count). The van der Waals surface area contributed by atoms with Crippen LogP contribution >= 0.6 is 0 Å². The lowest BCUT2D eigenvalue weighted by atomic mass is 10.3. The minimum atomic E-state index is 0.613. The average Bonchev–Trinajstić information content (AvgIpc) is 2.72. The van der Waals surface area contributed by atoms with E-state index < -0.39 is 0 Å². The molecule has 1 aromatic heterocycles. The largest absolute Gasteiger partial charge is 0.333 e. The molecule has 0 saturated carbocycles. The first-order valence-corrected chi connectivity index (χ1v) is 6.55. The highest BCUT2D eigenvalue weighted by atomic mass is 15.1. The van der Waals surface area contributed by atoms with Crippen LogP contribution < -0.4 is 5.32 Å². The van der Waals surface area contributed by atoms with Crippen LogP contribution in [-0.2, 0) is 13.1 Å². The van der Waals surface area contributed by atoms with Crippen LogP contribution in [0.3, 0.4) is 0 Å². The molecule has 4 heteroatoms. The molecule has 0 spiro atoms. The Hall–Kier alpha value is -0.870. The van der Waals surface area contributed by atoms with Crippen LogP contribution in [0.4, 0.5) is 0 Å². The predicted octanol–water partition coefficient (Wildman–Crippen LogP) is 1.72. The van der Waals surface area contributed by atoms with E-state index in [-0.39, 0.29) is 0 Å². The fourth-order valence-corrected chi connectivity index (χ4v) is 1.67. The zero-order valence-corrected chi connectivity index (χ0v) is 11.6. The number of rotatable bonds is 8. The van der Waals surface area contributed by atoms with Crippen molar-refractivity contribution in [3.8, 4) is 0 Å². The van der Waals surface area contributed by atoms with Gasteiger partial charge in [0.1, 0.15) is 0 Å². The number of aromatic nitrogens is 2. The summed E-state index contributed by atoms with van der Waals surface area (Å²) in [6.07, 6.45) is 5.02. The second kappa shape index (κ2) is 7.45. The van der Waals surface area contributed by atoms with Crippen molar-refractivity contribution in [3.05, 3.63) is 18.2 Å². The van der Waals surface area contributed by atoms with Gasteiger partial charge < -0.3 is 14.8 Å². The SMILES string of the molecule is CCCn1cncc1CNCCN(C)C(C)C. The van der Waals surface area contributed by atoms with Crippen LogP contribution in [0.25, 0.3) is 0 Å². The molecule has 0 bridgehead atoms. The van der Waals surface area contributed by atoms with Crippen molar-refractivity contribution >= 4 is 0 Å². The first-order chi connectivity index (χ1) is 8.15. The Morgan fingerprint density at radius 3 is 2.88 bits per heavy atom. The molecule has 0 atom stereocenters. The Labute approximate surface area is 105 Å². The van der Waals surface area contributed by atoms with Crippen molar-refractivity contribution in [2.45, 2.75) is 46.3 Å². The topological polar surface area (TPSA) is 33.1 Å². The fraction of sp³-hybridized carbons (Fsp3) is 0.769. The monoisotopic (exact) mass is 238 g/mol. The predicted molar refractivity (Wildman–Crippen MR) is 72.0 cm³/mol.